The number of rotatable bonds is 9. The first kappa shape index (κ1) is 54.1. The first-order valence-corrected chi connectivity index (χ1v) is 30.2. The van der Waals surface area contributed by atoms with Gasteiger partial charge >= 0.3 is 0 Å². The topological polar surface area (TPSA) is 35.6 Å². The van der Waals surface area contributed by atoms with Crippen LogP contribution in [0.4, 0.5) is 0 Å². The number of nitrogens with zero attached hydrogens (tertiary/aromatic N) is 4. The predicted molar refractivity (Wildman–Crippen MR) is 366 cm³/mol. The standard InChI is InChI=1S/C82H70N4/c1-47-31-51(5)78(52(6)32-47)61-23-27-74-68(41-61)69-42-62(79-53(7)33-48(2)34-54(79)8)24-28-75(69)85(74)66-39-65(82-83-72(59-19-15-13-16-20-59)46-73(84-82)60-21-17-14-18-22-60)40-67(45-66)86-76-29-25-63(80-55(9)35-49(3)36-56(80)10)43-70(76)71-44-64(26-30-77(71)86)81-57(11)37-50(4)38-58(81)12/h13-46H,1-12H3. The molecule has 0 radical (unpaired) electrons. The lowest BCUT2D eigenvalue weighted by Gasteiger charge is -2.17. The Morgan fingerprint density at radius 2 is 0.500 bits per heavy atom. The number of hydrogen-bond donors (Lipinski definition) is 0. The Morgan fingerprint density at radius 1 is 0.233 bits per heavy atom. The van der Waals surface area contributed by atoms with Crippen LogP contribution < -0.4 is 0 Å². The van der Waals surface area contributed by atoms with Crippen molar-refractivity contribution >= 4 is 43.6 Å². The summed E-state index contributed by atoms with van der Waals surface area (Å²) in [6.45, 7) is 26.8. The highest BCUT2D eigenvalue weighted by Gasteiger charge is 2.23. The second-order valence-electron chi connectivity index (χ2n) is 24.6. The van der Waals surface area contributed by atoms with Crippen molar-refractivity contribution in [3.8, 4) is 89.8 Å². The van der Waals surface area contributed by atoms with Gasteiger partial charge in [-0.15, -0.1) is 0 Å². The second kappa shape index (κ2) is 21.0. The van der Waals surface area contributed by atoms with Crippen molar-refractivity contribution in [2.24, 2.45) is 0 Å². The summed E-state index contributed by atoms with van der Waals surface area (Å²) in [7, 11) is 0. The Hall–Kier alpha value is -9.90. The molecule has 0 bridgehead atoms. The largest absolute Gasteiger partial charge is 0.309 e. The second-order valence-corrected chi connectivity index (χ2v) is 24.6. The van der Waals surface area contributed by atoms with E-state index in [2.05, 4.69) is 298 Å². The average molecular weight is 1110 g/mol. The van der Waals surface area contributed by atoms with E-state index in [1.807, 2.05) is 0 Å². The fraction of sp³-hybridized carbons (Fsp3) is 0.146. The molecule has 0 aliphatic carbocycles. The number of fused-ring (bicyclic) bond motifs is 6. The Morgan fingerprint density at radius 3 is 0.767 bits per heavy atom. The predicted octanol–water partition coefficient (Wildman–Crippen LogP) is 22.0. The summed E-state index contributed by atoms with van der Waals surface area (Å²) in [5, 5.41) is 4.79. The Bertz CT molecular complexity index is 4470. The van der Waals surface area contributed by atoms with Crippen LogP contribution in [0.2, 0.25) is 0 Å². The van der Waals surface area contributed by atoms with Crippen LogP contribution in [0.1, 0.15) is 66.8 Å². The molecule has 14 rings (SSSR count). The lowest BCUT2D eigenvalue weighted by atomic mass is 9.91. The highest BCUT2D eigenvalue weighted by molar-refractivity contribution is 6.14. The van der Waals surface area contributed by atoms with E-state index < -0.39 is 0 Å². The molecule has 3 aromatic heterocycles. The van der Waals surface area contributed by atoms with E-state index in [1.54, 1.807) is 0 Å². The fourth-order valence-electron chi connectivity index (χ4n) is 14.8. The summed E-state index contributed by atoms with van der Waals surface area (Å²) in [5.74, 6) is 0.648. The summed E-state index contributed by atoms with van der Waals surface area (Å²) in [6, 6.07) is 77.2. The van der Waals surface area contributed by atoms with Gasteiger partial charge in [0.05, 0.1) is 33.5 Å². The first-order chi connectivity index (χ1) is 41.5. The molecule has 0 aliphatic heterocycles. The molecule has 14 aromatic rings. The van der Waals surface area contributed by atoms with Crippen molar-refractivity contribution in [3.63, 3.8) is 0 Å². The molecule has 86 heavy (non-hydrogen) atoms. The molecular formula is C82H70N4. The van der Waals surface area contributed by atoms with Gasteiger partial charge in [0.25, 0.3) is 0 Å². The molecule has 0 atom stereocenters. The Balaban J connectivity index is 1.09. The summed E-state index contributed by atoms with van der Waals surface area (Å²) in [4.78, 5) is 11.1. The van der Waals surface area contributed by atoms with Crippen LogP contribution in [0.5, 0.6) is 0 Å². The van der Waals surface area contributed by atoms with Crippen molar-refractivity contribution in [2.45, 2.75) is 83.1 Å². The maximum atomic E-state index is 5.54. The molecule has 4 heteroatoms. The molecule has 0 saturated heterocycles. The molecule has 0 aliphatic rings. The van der Waals surface area contributed by atoms with Crippen LogP contribution >= 0.6 is 0 Å². The highest BCUT2D eigenvalue weighted by Crippen LogP contribution is 2.44. The summed E-state index contributed by atoms with van der Waals surface area (Å²) >= 11 is 0. The molecule has 0 spiro atoms. The molecular weight excluding hydrogens is 1040 g/mol. The number of aryl methyl sites for hydroxylation is 12. The minimum atomic E-state index is 0.648. The minimum Gasteiger partial charge on any atom is -0.309 e. The van der Waals surface area contributed by atoms with Crippen LogP contribution in [-0.2, 0) is 0 Å². The number of benzene rings is 11. The Kier molecular flexibility index (Phi) is 13.2. The number of hydrogen-bond acceptors (Lipinski definition) is 2. The van der Waals surface area contributed by atoms with Crippen LogP contribution in [0.15, 0.2) is 206 Å². The highest BCUT2D eigenvalue weighted by atomic mass is 15.0. The van der Waals surface area contributed by atoms with Gasteiger partial charge in [0.2, 0.25) is 0 Å². The van der Waals surface area contributed by atoms with E-state index in [-0.39, 0.29) is 0 Å². The van der Waals surface area contributed by atoms with E-state index in [1.165, 1.54) is 133 Å². The Labute approximate surface area is 505 Å². The van der Waals surface area contributed by atoms with Crippen molar-refractivity contribution in [2.75, 3.05) is 0 Å². The van der Waals surface area contributed by atoms with Gasteiger partial charge in [0, 0.05) is 49.6 Å². The average Bonchev–Trinajstić information content (AvgIpc) is 1.73. The molecule has 0 fully saturated rings. The van der Waals surface area contributed by atoms with Gasteiger partial charge < -0.3 is 9.13 Å². The van der Waals surface area contributed by atoms with Gasteiger partial charge in [-0.3, -0.25) is 0 Å². The normalized spacial score (nSPS) is 11.7. The van der Waals surface area contributed by atoms with Crippen molar-refractivity contribution in [1.29, 1.82) is 0 Å². The third-order valence-corrected chi connectivity index (χ3v) is 17.9. The zero-order chi connectivity index (χ0) is 59.4. The molecule has 0 N–H and O–H groups in total. The van der Waals surface area contributed by atoms with Crippen molar-refractivity contribution < 1.29 is 0 Å². The van der Waals surface area contributed by atoms with Crippen LogP contribution in [0.25, 0.3) is 133 Å². The summed E-state index contributed by atoms with van der Waals surface area (Å²) in [6.07, 6.45) is 0. The SMILES string of the molecule is Cc1cc(C)c(-c2ccc3c(c2)c2cc(-c4c(C)cc(C)cc4C)ccc2n3-c2cc(-c3nc(-c4ccccc4)cc(-c4ccccc4)n3)cc(-n3c4ccc(-c5c(C)cc(C)cc5C)cc4c4cc(-c5c(C)cc(C)cc5C)ccc43)c2)c(C)c1. The fourth-order valence-corrected chi connectivity index (χ4v) is 14.8. The third-order valence-electron chi connectivity index (χ3n) is 17.9. The third kappa shape index (κ3) is 9.32. The van der Waals surface area contributed by atoms with Crippen LogP contribution in [0.3, 0.4) is 0 Å². The molecule has 4 nitrogen and oxygen atoms in total. The van der Waals surface area contributed by atoms with Gasteiger partial charge in [-0.2, -0.15) is 0 Å². The molecule has 418 valence electrons. The van der Waals surface area contributed by atoms with Crippen molar-refractivity contribution in [3.05, 3.63) is 273 Å². The molecule has 3 heterocycles. The van der Waals surface area contributed by atoms with Gasteiger partial charge in [0.15, 0.2) is 5.82 Å². The molecule has 0 saturated carbocycles. The van der Waals surface area contributed by atoms with Crippen LogP contribution in [-0.4, -0.2) is 19.1 Å². The van der Waals surface area contributed by atoms with Crippen molar-refractivity contribution in [1.82, 2.24) is 19.1 Å². The van der Waals surface area contributed by atoms with Gasteiger partial charge in [-0.1, -0.05) is 156 Å². The van der Waals surface area contributed by atoms with E-state index in [9.17, 15) is 0 Å². The lowest BCUT2D eigenvalue weighted by Crippen LogP contribution is -2.02. The van der Waals surface area contributed by atoms with Gasteiger partial charge in [0.1, 0.15) is 0 Å². The quantitative estimate of drug-likeness (QED) is 0.144. The maximum absolute atomic E-state index is 5.54. The zero-order valence-corrected chi connectivity index (χ0v) is 51.4. The van der Waals surface area contributed by atoms with E-state index in [0.717, 1.165) is 61.5 Å². The molecule has 0 unspecified atom stereocenters. The summed E-state index contributed by atoms with van der Waals surface area (Å²) in [5.41, 5.74) is 36.5. The van der Waals surface area contributed by atoms with Gasteiger partial charge in [-0.25, -0.2) is 9.97 Å². The van der Waals surface area contributed by atoms with E-state index in [4.69, 9.17) is 9.97 Å². The minimum absolute atomic E-state index is 0.648. The van der Waals surface area contributed by atoms with Crippen LogP contribution in [0, 0.1) is 83.1 Å². The lowest BCUT2D eigenvalue weighted by molar-refractivity contribution is 1.12. The zero-order valence-electron chi connectivity index (χ0n) is 51.4. The van der Waals surface area contributed by atoms with Gasteiger partial charge in [-0.05, 0) is 245 Å². The monoisotopic (exact) mass is 1110 g/mol. The molecule has 0 amide bonds. The number of aromatic nitrogens is 4. The smallest absolute Gasteiger partial charge is 0.160 e. The van der Waals surface area contributed by atoms with E-state index >= 15 is 0 Å². The van der Waals surface area contributed by atoms with E-state index in [0.29, 0.717) is 5.82 Å². The molecule has 11 aromatic carbocycles. The summed E-state index contributed by atoms with van der Waals surface area (Å²) < 4.78 is 4.98. The maximum Gasteiger partial charge on any atom is 0.160 e. The first-order valence-electron chi connectivity index (χ1n) is 30.2.